The number of aromatic nitrogens is 2. The fourth-order valence-corrected chi connectivity index (χ4v) is 3.41. The van der Waals surface area contributed by atoms with Gasteiger partial charge in [0.25, 0.3) is 0 Å². The van der Waals surface area contributed by atoms with E-state index in [4.69, 9.17) is 7.10 Å². The van der Waals surface area contributed by atoms with Gasteiger partial charge in [-0.05, 0) is 57.4 Å². The highest BCUT2D eigenvalue weighted by Gasteiger charge is 2.22. The largest absolute Gasteiger partial charge is 0.368 e. The van der Waals surface area contributed by atoms with Crippen LogP contribution in [0.25, 0.3) is 0 Å². The molecule has 2 N–H and O–H groups in total. The van der Waals surface area contributed by atoms with Gasteiger partial charge in [0.15, 0.2) is 0 Å². The molecule has 1 aromatic carbocycles. The fraction of sp³-hybridized carbons (Fsp3) is 0.500. The Morgan fingerprint density at radius 1 is 1.17 bits per heavy atom. The second-order valence-corrected chi connectivity index (χ2v) is 6.69. The Morgan fingerprint density at radius 3 is 2.58 bits per heavy atom. The van der Waals surface area contributed by atoms with Gasteiger partial charge < -0.3 is 10.6 Å². The van der Waals surface area contributed by atoms with Gasteiger partial charge in [-0.15, -0.1) is 0 Å². The van der Waals surface area contributed by atoms with Crippen LogP contribution >= 0.6 is 0 Å². The van der Waals surface area contributed by atoms with Crippen LogP contribution < -0.4 is 10.6 Å². The van der Waals surface area contributed by atoms with Gasteiger partial charge in [-0.1, -0.05) is 30.3 Å². The molecule has 0 radical (unpaired) electrons. The predicted octanol–water partition coefficient (Wildman–Crippen LogP) is 3.91. The number of rotatable bonds is 5. The molecule has 0 aliphatic carbocycles. The number of benzene rings is 1. The Kier molecular flexibility index (Phi) is 4.92. The summed E-state index contributed by atoms with van der Waals surface area (Å²) in [5.74, 6) is 0.965. The first-order valence-corrected chi connectivity index (χ1v) is 8.86. The first kappa shape index (κ1) is 15.4. The van der Waals surface area contributed by atoms with Gasteiger partial charge in [0.1, 0.15) is 5.82 Å². The first-order chi connectivity index (χ1) is 12.0. The topological polar surface area (TPSA) is 55.0 Å². The van der Waals surface area contributed by atoms with Crippen molar-refractivity contribution in [3.63, 3.8) is 0 Å². The average Bonchev–Trinajstić information content (AvgIpc) is 2.60. The zero-order valence-corrected chi connectivity index (χ0v) is 14.8. The molecule has 1 aliphatic rings. The summed E-state index contributed by atoms with van der Waals surface area (Å²) < 4.78 is 8.79. The smallest absolute Gasteiger partial charge is 0.222 e. The number of nitrogens with zero attached hydrogens (tertiary/aromatic N) is 3. The lowest BCUT2D eigenvalue weighted by atomic mass is 9.90. The molecular weight excluding hydrogens is 296 g/mol. The monoisotopic (exact) mass is 325 g/mol. The first-order valence-electron chi connectivity index (χ1n) is 9.36. The Balaban J connectivity index is 1.56. The second kappa shape index (κ2) is 7.65. The van der Waals surface area contributed by atoms with Crippen LogP contribution in [-0.2, 0) is 6.42 Å². The van der Waals surface area contributed by atoms with Crippen molar-refractivity contribution in [2.24, 2.45) is 5.89 Å². The van der Waals surface area contributed by atoms with Crippen molar-refractivity contribution in [3.05, 3.63) is 47.2 Å². The molecule has 128 valence electrons. The molecule has 1 aromatic heterocycles. The van der Waals surface area contributed by atoms with Crippen molar-refractivity contribution in [2.75, 3.05) is 23.7 Å². The summed E-state index contributed by atoms with van der Waals surface area (Å²) in [7, 11) is 0. The number of aryl methyl sites for hydroxylation is 2. The molecule has 2 aromatic rings. The minimum Gasteiger partial charge on any atom is -0.368 e. The lowest BCUT2D eigenvalue weighted by molar-refractivity contribution is 0.371. The van der Waals surface area contributed by atoms with E-state index in [1.54, 1.807) is 0 Å². The van der Waals surface area contributed by atoms with Gasteiger partial charge in [-0.2, -0.15) is 4.98 Å². The molecule has 24 heavy (non-hydrogen) atoms. The van der Waals surface area contributed by atoms with E-state index < -0.39 is 0 Å². The van der Waals surface area contributed by atoms with Crippen LogP contribution in [0.5, 0.6) is 0 Å². The third-order valence-corrected chi connectivity index (χ3v) is 4.99. The summed E-state index contributed by atoms with van der Waals surface area (Å²) in [4.78, 5) is 10.9. The van der Waals surface area contributed by atoms with Crippen LogP contribution in [0.3, 0.4) is 0 Å². The minimum absolute atomic E-state index is 0.313. The van der Waals surface area contributed by atoms with Crippen molar-refractivity contribution in [1.82, 2.24) is 9.97 Å². The van der Waals surface area contributed by atoms with Gasteiger partial charge in [0, 0.05) is 25.7 Å². The van der Waals surface area contributed by atoms with Gasteiger partial charge in [-0.3, -0.25) is 0 Å². The summed E-state index contributed by atoms with van der Waals surface area (Å²) >= 11 is 0. The molecule has 0 bridgehead atoms. The van der Waals surface area contributed by atoms with Gasteiger partial charge >= 0.3 is 0 Å². The second-order valence-electron chi connectivity index (χ2n) is 6.69. The molecule has 1 saturated heterocycles. The van der Waals surface area contributed by atoms with Crippen LogP contribution in [0.2, 0.25) is 0 Å². The van der Waals surface area contributed by atoms with Crippen LogP contribution in [0.4, 0.5) is 11.8 Å². The number of nitrogens with two attached hydrogens (primary N) is 1. The molecular formula is C20H28N4. The molecule has 0 saturated carbocycles. The highest BCUT2D eigenvalue weighted by Crippen LogP contribution is 2.28. The summed E-state index contributed by atoms with van der Waals surface area (Å²) in [5, 5.41) is 0. The summed E-state index contributed by atoms with van der Waals surface area (Å²) in [6.07, 6.45) is 4.85. The summed E-state index contributed by atoms with van der Waals surface area (Å²) in [6, 6.07) is 10.6. The Labute approximate surface area is 146 Å². The van der Waals surface area contributed by atoms with Crippen molar-refractivity contribution >= 4 is 11.8 Å². The van der Waals surface area contributed by atoms with Crippen LogP contribution in [0.15, 0.2) is 30.3 Å². The van der Waals surface area contributed by atoms with Gasteiger partial charge in [0.05, 0.1) is 0 Å². The van der Waals surface area contributed by atoms with Crippen LogP contribution in [0.1, 0.15) is 43.9 Å². The van der Waals surface area contributed by atoms with Crippen molar-refractivity contribution < 1.29 is 1.37 Å². The lowest BCUT2D eigenvalue weighted by Crippen LogP contribution is -2.35. The van der Waals surface area contributed by atoms with E-state index in [9.17, 15) is 0 Å². The van der Waals surface area contributed by atoms with Crippen molar-refractivity contribution in [3.8, 4) is 0 Å². The Hall–Kier alpha value is -2.10. The molecule has 4 heteroatoms. The quantitative estimate of drug-likeness (QED) is 0.905. The fourth-order valence-electron chi connectivity index (χ4n) is 3.41. The normalized spacial score (nSPS) is 17.6. The van der Waals surface area contributed by atoms with E-state index in [1.807, 2.05) is 13.8 Å². The molecule has 0 spiro atoms. The Morgan fingerprint density at radius 2 is 1.88 bits per heavy atom. The van der Waals surface area contributed by atoms with E-state index >= 15 is 0 Å². The zero-order valence-electron chi connectivity index (χ0n) is 15.8. The van der Waals surface area contributed by atoms with E-state index in [2.05, 4.69) is 45.2 Å². The van der Waals surface area contributed by atoms with Crippen LogP contribution in [-0.4, -0.2) is 23.1 Å². The number of piperidine rings is 1. The van der Waals surface area contributed by atoms with Gasteiger partial charge in [0.2, 0.25) is 5.95 Å². The van der Waals surface area contributed by atoms with Crippen molar-refractivity contribution in [2.45, 2.75) is 46.0 Å². The van der Waals surface area contributed by atoms with Crippen molar-refractivity contribution in [1.29, 1.82) is 0 Å². The third-order valence-electron chi connectivity index (χ3n) is 4.99. The van der Waals surface area contributed by atoms with Crippen LogP contribution in [0, 0.1) is 19.7 Å². The molecule has 0 amide bonds. The molecule has 4 nitrogen and oxygen atoms in total. The number of anilines is 2. The molecule has 2 heterocycles. The molecule has 3 rings (SSSR count). The molecule has 0 unspecified atom stereocenters. The molecule has 1 fully saturated rings. The minimum atomic E-state index is -0.313. The number of hydrogen-bond donors (Lipinski definition) is 1. The van der Waals surface area contributed by atoms with E-state index in [-0.39, 0.29) is 5.89 Å². The van der Waals surface area contributed by atoms with E-state index in [0.717, 1.165) is 62.3 Å². The average molecular weight is 325 g/mol. The third kappa shape index (κ3) is 4.05. The zero-order chi connectivity index (χ0) is 17.9. The molecule has 0 atom stereocenters. The maximum atomic E-state index is 8.79. The van der Waals surface area contributed by atoms with Gasteiger partial charge in [-0.25, -0.2) is 4.98 Å². The van der Waals surface area contributed by atoms with E-state index in [0.29, 0.717) is 5.95 Å². The maximum Gasteiger partial charge on any atom is 0.222 e. The number of nitrogen functional groups attached to an aromatic ring is 1. The predicted molar refractivity (Wildman–Crippen MR) is 100 cm³/mol. The highest BCUT2D eigenvalue weighted by atomic mass is 15.2. The maximum absolute atomic E-state index is 8.79. The lowest BCUT2D eigenvalue weighted by Gasteiger charge is -2.34. The standard InChI is InChI=1S/C20H28N4/c1-15-16(2)22-20(21)23-19(15)24-13-11-18(12-14-24)10-6-9-17-7-4-3-5-8-17/h3-5,7-8,18H,6,9-14H2,1-2H3,(H2,21,22,23)/i18D. The number of hydrogen-bond acceptors (Lipinski definition) is 4. The van der Waals surface area contributed by atoms with E-state index in [1.165, 1.54) is 5.56 Å². The molecule has 1 aliphatic heterocycles. The SMILES string of the molecule is [2H]C1(CCCc2ccccc2)CCN(c2nc(N)nc(C)c2C)CC1. The summed E-state index contributed by atoms with van der Waals surface area (Å²) in [6.45, 7) is 5.75. The highest BCUT2D eigenvalue weighted by molar-refractivity contribution is 5.51. The Bertz CT molecular complexity index is 709. The summed E-state index contributed by atoms with van der Waals surface area (Å²) in [5.41, 5.74) is 9.22.